The topological polar surface area (TPSA) is 55.3 Å². The van der Waals surface area contributed by atoms with Gasteiger partial charge in [0, 0.05) is 12.6 Å². The van der Waals surface area contributed by atoms with Crippen LogP contribution in [0.4, 0.5) is 8.78 Å². The quantitative estimate of drug-likeness (QED) is 0.767. The van der Waals surface area contributed by atoms with E-state index in [9.17, 15) is 13.6 Å². The van der Waals surface area contributed by atoms with Crippen molar-refractivity contribution in [2.45, 2.75) is 31.9 Å². The largest absolute Gasteiger partial charge is 0.275 e. The number of halogens is 2. The van der Waals surface area contributed by atoms with E-state index in [1.165, 1.54) is 12.2 Å². The molecule has 0 radical (unpaired) electrons. The summed E-state index contributed by atoms with van der Waals surface area (Å²) >= 11 is 0. The number of amides is 1. The molecule has 138 valence electrons. The van der Waals surface area contributed by atoms with E-state index in [0.29, 0.717) is 25.1 Å². The number of aromatic nitrogens is 2. The maximum atomic E-state index is 14.0. The third-order valence-electron chi connectivity index (χ3n) is 4.91. The Hall–Kier alpha value is -2.41. The number of hydrogen-bond acceptors (Lipinski definition) is 4. The number of alkyl halides is 1. The molecule has 5 nitrogen and oxygen atoms in total. The molecule has 0 aliphatic heterocycles. The van der Waals surface area contributed by atoms with Crippen LogP contribution in [0.5, 0.6) is 0 Å². The third-order valence-corrected chi connectivity index (χ3v) is 4.91. The first kappa shape index (κ1) is 18.4. The Labute approximate surface area is 151 Å². The van der Waals surface area contributed by atoms with E-state index >= 15 is 0 Å². The van der Waals surface area contributed by atoms with Gasteiger partial charge < -0.3 is 0 Å². The van der Waals surface area contributed by atoms with E-state index in [2.05, 4.69) is 9.97 Å². The van der Waals surface area contributed by atoms with Crippen LogP contribution in [0.3, 0.4) is 0 Å². The highest BCUT2D eigenvalue weighted by atomic mass is 19.1. The number of carbonyl (C=O) groups is 1. The highest BCUT2D eigenvalue weighted by molar-refractivity contribution is 5.82. The van der Waals surface area contributed by atoms with E-state index in [0.717, 1.165) is 23.5 Å². The molecule has 1 amide bonds. The number of hydroxylamine groups is 2. The van der Waals surface area contributed by atoms with Crippen LogP contribution < -0.4 is 0 Å². The molecule has 1 aromatic heterocycles. The monoisotopic (exact) mass is 361 g/mol. The van der Waals surface area contributed by atoms with Gasteiger partial charge in [-0.3, -0.25) is 9.63 Å². The Kier molecular flexibility index (Phi) is 5.27. The highest BCUT2D eigenvalue weighted by Gasteiger charge is 2.47. The lowest BCUT2D eigenvalue weighted by molar-refractivity contribution is -0.180. The fraction of sp³-hybridized carbons (Fsp3) is 0.421. The predicted molar refractivity (Wildman–Crippen MR) is 92.1 cm³/mol. The van der Waals surface area contributed by atoms with Crippen molar-refractivity contribution in [3.05, 3.63) is 48.0 Å². The predicted octanol–water partition coefficient (Wildman–Crippen LogP) is 3.35. The molecule has 1 heterocycles. The Morgan fingerprint density at radius 3 is 2.73 bits per heavy atom. The molecule has 0 spiro atoms. The first-order chi connectivity index (χ1) is 12.4. The van der Waals surface area contributed by atoms with Crippen molar-refractivity contribution in [1.29, 1.82) is 0 Å². The maximum absolute atomic E-state index is 14.0. The van der Waals surface area contributed by atoms with Crippen LogP contribution in [0, 0.1) is 11.2 Å². The van der Waals surface area contributed by atoms with Crippen molar-refractivity contribution in [3.8, 4) is 11.4 Å². The first-order valence-electron chi connectivity index (χ1n) is 8.47. The molecule has 1 fully saturated rings. The van der Waals surface area contributed by atoms with Gasteiger partial charge in [0.05, 0.1) is 24.9 Å². The minimum absolute atomic E-state index is 0.177. The lowest BCUT2D eigenvalue weighted by Crippen LogP contribution is -2.41. The van der Waals surface area contributed by atoms with E-state index in [1.54, 1.807) is 7.05 Å². The summed E-state index contributed by atoms with van der Waals surface area (Å²) in [6, 6.07) is 7.40. The van der Waals surface area contributed by atoms with Gasteiger partial charge in [-0.2, -0.15) is 0 Å². The molecule has 2 atom stereocenters. The van der Waals surface area contributed by atoms with Crippen molar-refractivity contribution in [3.63, 3.8) is 0 Å². The van der Waals surface area contributed by atoms with Crippen LogP contribution in [-0.4, -0.2) is 41.3 Å². The van der Waals surface area contributed by atoms with Gasteiger partial charge in [-0.05, 0) is 37.3 Å². The van der Waals surface area contributed by atoms with Crippen LogP contribution >= 0.6 is 0 Å². The highest BCUT2D eigenvalue weighted by Crippen LogP contribution is 2.44. The summed E-state index contributed by atoms with van der Waals surface area (Å²) in [7, 11) is 2.96. The zero-order valence-corrected chi connectivity index (χ0v) is 14.8. The van der Waals surface area contributed by atoms with E-state index < -0.39 is 17.4 Å². The summed E-state index contributed by atoms with van der Waals surface area (Å²) in [5.74, 6) is -0.321. The maximum Gasteiger partial charge on any atom is 0.252 e. The van der Waals surface area contributed by atoms with E-state index in [4.69, 9.17) is 4.84 Å². The van der Waals surface area contributed by atoms with E-state index in [-0.39, 0.29) is 12.3 Å². The van der Waals surface area contributed by atoms with Crippen LogP contribution in [0.15, 0.2) is 36.7 Å². The Bertz CT molecular complexity index is 785. The number of nitrogens with zero attached hydrogens (tertiary/aromatic N) is 3. The van der Waals surface area contributed by atoms with Crippen molar-refractivity contribution >= 4 is 5.91 Å². The molecular formula is C19H21F2N3O2. The Balaban J connectivity index is 1.89. The molecule has 3 rings (SSSR count). The van der Waals surface area contributed by atoms with Crippen LogP contribution in [0.2, 0.25) is 0 Å². The molecule has 1 aliphatic rings. The van der Waals surface area contributed by atoms with Gasteiger partial charge >= 0.3 is 0 Å². The second kappa shape index (κ2) is 7.45. The molecule has 1 aliphatic carbocycles. The summed E-state index contributed by atoms with van der Waals surface area (Å²) in [5.41, 5.74) is 0.772. The minimum Gasteiger partial charge on any atom is -0.275 e. The average Bonchev–Trinajstić information content (AvgIpc) is 3.03. The molecule has 0 bridgehead atoms. The van der Waals surface area contributed by atoms with Crippen molar-refractivity contribution < 1.29 is 18.4 Å². The Morgan fingerprint density at radius 1 is 1.38 bits per heavy atom. The number of hydrogen-bond donors (Lipinski definition) is 0. The van der Waals surface area contributed by atoms with Gasteiger partial charge in [0.15, 0.2) is 11.6 Å². The summed E-state index contributed by atoms with van der Waals surface area (Å²) in [6.45, 7) is 0. The lowest BCUT2D eigenvalue weighted by atomic mass is 9.78. The Morgan fingerprint density at radius 2 is 2.12 bits per heavy atom. The van der Waals surface area contributed by atoms with Gasteiger partial charge in [-0.15, -0.1) is 0 Å². The third kappa shape index (κ3) is 3.72. The van der Waals surface area contributed by atoms with Gasteiger partial charge in [-0.1, -0.05) is 18.2 Å². The second-order valence-corrected chi connectivity index (χ2v) is 6.71. The summed E-state index contributed by atoms with van der Waals surface area (Å²) in [6.07, 6.45) is 2.64. The molecule has 26 heavy (non-hydrogen) atoms. The summed E-state index contributed by atoms with van der Waals surface area (Å²) in [5, 5.41) is 1.17. The molecule has 1 saturated carbocycles. The zero-order valence-electron chi connectivity index (χ0n) is 14.8. The van der Waals surface area contributed by atoms with E-state index in [1.807, 2.05) is 24.3 Å². The minimum atomic E-state index is -0.993. The lowest BCUT2D eigenvalue weighted by Gasteiger charge is -2.31. The smallest absolute Gasteiger partial charge is 0.252 e. The molecular weight excluding hydrogens is 340 g/mol. The fourth-order valence-electron chi connectivity index (χ4n) is 3.58. The van der Waals surface area contributed by atoms with Crippen molar-refractivity contribution in [2.24, 2.45) is 5.41 Å². The van der Waals surface area contributed by atoms with Crippen LogP contribution in [-0.2, 0) is 16.1 Å². The second-order valence-electron chi connectivity index (χ2n) is 6.71. The standard InChI is InChI=1S/C19H21F2N3O2/c1-24(26-2)18(25)19(7-6-15(20)10-19)9-13-4-3-5-14(8-13)17-22-11-16(21)12-23-17/h3-5,8,11-12,15H,6-7,9-10H2,1-2H3. The number of benzene rings is 1. The fourth-order valence-corrected chi connectivity index (χ4v) is 3.58. The first-order valence-corrected chi connectivity index (χ1v) is 8.47. The normalized spacial score (nSPS) is 22.4. The molecule has 7 heteroatoms. The van der Waals surface area contributed by atoms with Crippen molar-refractivity contribution in [2.75, 3.05) is 14.2 Å². The van der Waals surface area contributed by atoms with Gasteiger partial charge in [-0.25, -0.2) is 23.8 Å². The van der Waals surface area contributed by atoms with Gasteiger partial charge in [0.2, 0.25) is 0 Å². The SMILES string of the molecule is CON(C)C(=O)C1(Cc2cccc(-c3ncc(F)cn3)c2)CCC(F)C1. The van der Waals surface area contributed by atoms with Crippen LogP contribution in [0.25, 0.3) is 11.4 Å². The van der Waals surface area contributed by atoms with Crippen molar-refractivity contribution in [1.82, 2.24) is 15.0 Å². The zero-order chi connectivity index (χ0) is 18.7. The molecule has 2 unspecified atom stereocenters. The van der Waals surface area contributed by atoms with Crippen LogP contribution in [0.1, 0.15) is 24.8 Å². The number of rotatable bonds is 5. The van der Waals surface area contributed by atoms with Gasteiger partial charge in [0.25, 0.3) is 5.91 Å². The summed E-state index contributed by atoms with van der Waals surface area (Å²) in [4.78, 5) is 25.8. The molecule has 1 aromatic carbocycles. The molecule has 0 saturated heterocycles. The molecule has 0 N–H and O–H groups in total. The molecule has 2 aromatic rings. The number of carbonyl (C=O) groups excluding carboxylic acids is 1. The average molecular weight is 361 g/mol. The summed E-state index contributed by atoms with van der Waals surface area (Å²) < 4.78 is 27.0. The van der Waals surface area contributed by atoms with Gasteiger partial charge in [0.1, 0.15) is 6.17 Å².